The van der Waals surface area contributed by atoms with Crippen molar-refractivity contribution in [3.63, 3.8) is 0 Å². The van der Waals surface area contributed by atoms with Crippen molar-refractivity contribution >= 4 is 50.0 Å². The second kappa shape index (κ2) is 7.03. The standard InChI is InChI=1S/C16H17BrClN3O2/c1-10(22)20-8-12-9-21(4-5-23-12)15-2-3-19-16-13(15)6-11(17)7-14(16)18/h2-3,6-7,12H,4-5,8-9H2,1H3,(H,20,22). The van der Waals surface area contributed by atoms with Gasteiger partial charge in [0.1, 0.15) is 0 Å². The molecule has 0 spiro atoms. The highest BCUT2D eigenvalue weighted by molar-refractivity contribution is 9.10. The minimum absolute atomic E-state index is 0.0292. The summed E-state index contributed by atoms with van der Waals surface area (Å²) in [5, 5.41) is 4.44. The number of pyridine rings is 1. The van der Waals surface area contributed by atoms with E-state index >= 15 is 0 Å². The Morgan fingerprint density at radius 2 is 2.39 bits per heavy atom. The predicted molar refractivity (Wildman–Crippen MR) is 95.1 cm³/mol. The molecule has 7 heteroatoms. The number of hydrogen-bond donors (Lipinski definition) is 1. The smallest absolute Gasteiger partial charge is 0.216 e. The molecular weight excluding hydrogens is 382 g/mol. The Morgan fingerprint density at radius 3 is 3.17 bits per heavy atom. The van der Waals surface area contributed by atoms with Crippen LogP contribution in [0.4, 0.5) is 5.69 Å². The van der Waals surface area contributed by atoms with E-state index in [0.29, 0.717) is 24.7 Å². The van der Waals surface area contributed by atoms with Crippen LogP contribution >= 0.6 is 27.5 Å². The first-order valence-corrected chi connectivity index (χ1v) is 8.56. The second-order valence-electron chi connectivity index (χ2n) is 5.49. The van der Waals surface area contributed by atoms with Crippen LogP contribution < -0.4 is 10.2 Å². The molecule has 23 heavy (non-hydrogen) atoms. The maximum absolute atomic E-state index is 11.1. The number of halogens is 2. The number of ether oxygens (including phenoxy) is 1. The number of fused-ring (bicyclic) bond motifs is 1. The summed E-state index contributed by atoms with van der Waals surface area (Å²) in [5.74, 6) is -0.0456. The topological polar surface area (TPSA) is 54.5 Å². The van der Waals surface area contributed by atoms with Crippen molar-refractivity contribution < 1.29 is 9.53 Å². The fourth-order valence-electron chi connectivity index (χ4n) is 2.76. The average Bonchev–Trinajstić information content (AvgIpc) is 2.52. The fraction of sp³-hybridized carbons (Fsp3) is 0.375. The Bertz CT molecular complexity index is 741. The Hall–Kier alpha value is -1.37. The molecule has 1 aromatic carbocycles. The molecule has 0 saturated carbocycles. The lowest BCUT2D eigenvalue weighted by molar-refractivity contribution is -0.119. The normalized spacial score (nSPS) is 18.2. The summed E-state index contributed by atoms with van der Waals surface area (Å²) in [4.78, 5) is 17.7. The second-order valence-corrected chi connectivity index (χ2v) is 6.81. The fourth-order valence-corrected chi connectivity index (χ4v) is 3.62. The van der Waals surface area contributed by atoms with Gasteiger partial charge in [-0.05, 0) is 18.2 Å². The van der Waals surface area contributed by atoms with Crippen LogP contribution in [-0.4, -0.2) is 43.2 Å². The first-order chi connectivity index (χ1) is 11.0. The molecule has 1 aliphatic heterocycles. The Labute approximate surface area is 148 Å². The van der Waals surface area contributed by atoms with Crippen LogP contribution in [-0.2, 0) is 9.53 Å². The van der Waals surface area contributed by atoms with Gasteiger partial charge < -0.3 is 15.0 Å². The number of nitrogens with one attached hydrogen (secondary N) is 1. The molecule has 2 aromatic rings. The van der Waals surface area contributed by atoms with Gasteiger partial charge in [0.25, 0.3) is 0 Å². The molecule has 1 aromatic heterocycles. The van der Waals surface area contributed by atoms with Crippen molar-refractivity contribution in [1.29, 1.82) is 0 Å². The molecule has 2 heterocycles. The van der Waals surface area contributed by atoms with Gasteiger partial charge in [0, 0.05) is 48.3 Å². The number of hydrogen-bond acceptors (Lipinski definition) is 4. The Balaban J connectivity index is 1.89. The van der Waals surface area contributed by atoms with E-state index in [1.165, 1.54) is 6.92 Å². The predicted octanol–water partition coefficient (Wildman–Crippen LogP) is 2.99. The third kappa shape index (κ3) is 3.76. The highest BCUT2D eigenvalue weighted by Crippen LogP contribution is 2.33. The van der Waals surface area contributed by atoms with E-state index in [1.54, 1.807) is 6.20 Å². The lowest BCUT2D eigenvalue weighted by atomic mass is 10.1. The van der Waals surface area contributed by atoms with E-state index in [2.05, 4.69) is 31.1 Å². The highest BCUT2D eigenvalue weighted by atomic mass is 79.9. The number of carbonyl (C=O) groups excluding carboxylic acids is 1. The zero-order valence-corrected chi connectivity index (χ0v) is 15.0. The molecule has 1 fully saturated rings. The summed E-state index contributed by atoms with van der Waals surface area (Å²) in [6, 6.07) is 5.87. The summed E-state index contributed by atoms with van der Waals surface area (Å²) >= 11 is 9.79. The van der Waals surface area contributed by atoms with Crippen LogP contribution in [0, 0.1) is 0 Å². The molecule has 1 saturated heterocycles. The van der Waals surface area contributed by atoms with Crippen LogP contribution in [0.15, 0.2) is 28.9 Å². The molecule has 0 radical (unpaired) electrons. The Kier molecular flexibility index (Phi) is 5.04. The van der Waals surface area contributed by atoms with Crippen molar-refractivity contribution in [2.24, 2.45) is 0 Å². The van der Waals surface area contributed by atoms with E-state index in [9.17, 15) is 4.79 Å². The number of anilines is 1. The van der Waals surface area contributed by atoms with Gasteiger partial charge in [0.05, 0.1) is 23.3 Å². The summed E-state index contributed by atoms with van der Waals surface area (Å²) in [5.41, 5.74) is 1.87. The number of nitrogens with zero attached hydrogens (tertiary/aromatic N) is 2. The minimum atomic E-state index is -0.0456. The lowest BCUT2D eigenvalue weighted by Crippen LogP contribution is -2.47. The molecule has 0 aliphatic carbocycles. The van der Waals surface area contributed by atoms with Crippen LogP contribution in [0.25, 0.3) is 10.9 Å². The molecule has 122 valence electrons. The zero-order chi connectivity index (χ0) is 16.4. The SMILES string of the molecule is CC(=O)NCC1CN(c2ccnc3c(Cl)cc(Br)cc23)CCO1. The van der Waals surface area contributed by atoms with Gasteiger partial charge >= 0.3 is 0 Å². The maximum atomic E-state index is 11.1. The molecule has 5 nitrogen and oxygen atoms in total. The third-order valence-corrected chi connectivity index (χ3v) is 4.54. The summed E-state index contributed by atoms with van der Waals surface area (Å²) in [6.45, 7) is 4.15. The van der Waals surface area contributed by atoms with E-state index < -0.39 is 0 Å². The molecule has 3 rings (SSSR count). The van der Waals surface area contributed by atoms with Gasteiger partial charge in [-0.2, -0.15) is 0 Å². The summed E-state index contributed by atoms with van der Waals surface area (Å²) in [6.07, 6.45) is 1.74. The third-order valence-electron chi connectivity index (χ3n) is 3.80. The maximum Gasteiger partial charge on any atom is 0.216 e. The highest BCUT2D eigenvalue weighted by Gasteiger charge is 2.22. The first kappa shape index (κ1) is 16.5. The molecule has 1 N–H and O–H groups in total. The van der Waals surface area contributed by atoms with Crippen molar-refractivity contribution in [3.05, 3.63) is 33.9 Å². The summed E-state index contributed by atoms with van der Waals surface area (Å²) < 4.78 is 6.66. The van der Waals surface area contributed by atoms with E-state index in [4.69, 9.17) is 16.3 Å². The quantitative estimate of drug-likeness (QED) is 0.863. The monoisotopic (exact) mass is 397 g/mol. The molecule has 1 atom stereocenters. The van der Waals surface area contributed by atoms with Crippen LogP contribution in [0.2, 0.25) is 5.02 Å². The van der Waals surface area contributed by atoms with E-state index in [-0.39, 0.29) is 12.0 Å². The minimum Gasteiger partial charge on any atom is -0.373 e. The van der Waals surface area contributed by atoms with Gasteiger partial charge in [-0.3, -0.25) is 9.78 Å². The van der Waals surface area contributed by atoms with Crippen molar-refractivity contribution in [1.82, 2.24) is 10.3 Å². The molecule has 1 aliphatic rings. The van der Waals surface area contributed by atoms with E-state index in [1.807, 2.05) is 18.2 Å². The van der Waals surface area contributed by atoms with Gasteiger partial charge in [-0.25, -0.2) is 0 Å². The van der Waals surface area contributed by atoms with Crippen LogP contribution in [0.5, 0.6) is 0 Å². The largest absolute Gasteiger partial charge is 0.373 e. The number of rotatable bonds is 3. The average molecular weight is 399 g/mol. The van der Waals surface area contributed by atoms with Gasteiger partial charge in [0.15, 0.2) is 0 Å². The Morgan fingerprint density at radius 1 is 1.57 bits per heavy atom. The van der Waals surface area contributed by atoms with Gasteiger partial charge in [0.2, 0.25) is 5.91 Å². The number of amides is 1. The van der Waals surface area contributed by atoms with Gasteiger partial charge in [-0.1, -0.05) is 27.5 Å². The van der Waals surface area contributed by atoms with Gasteiger partial charge in [-0.15, -0.1) is 0 Å². The number of benzene rings is 1. The molecule has 1 amide bonds. The molecule has 0 bridgehead atoms. The van der Waals surface area contributed by atoms with Crippen molar-refractivity contribution in [3.8, 4) is 0 Å². The number of morpholine rings is 1. The summed E-state index contributed by atoms with van der Waals surface area (Å²) in [7, 11) is 0. The van der Waals surface area contributed by atoms with Crippen molar-refractivity contribution in [2.75, 3.05) is 31.1 Å². The number of aromatic nitrogens is 1. The molecule has 1 unspecified atom stereocenters. The first-order valence-electron chi connectivity index (χ1n) is 7.39. The van der Waals surface area contributed by atoms with Crippen LogP contribution in [0.1, 0.15) is 6.92 Å². The van der Waals surface area contributed by atoms with E-state index in [0.717, 1.165) is 27.6 Å². The van der Waals surface area contributed by atoms with Crippen LogP contribution in [0.3, 0.4) is 0 Å². The number of carbonyl (C=O) groups is 1. The lowest BCUT2D eigenvalue weighted by Gasteiger charge is -2.35. The molecular formula is C16H17BrClN3O2. The van der Waals surface area contributed by atoms with Crippen molar-refractivity contribution in [2.45, 2.75) is 13.0 Å². The zero-order valence-electron chi connectivity index (χ0n) is 12.7.